The largest absolute Gasteiger partial charge is 0.573 e. The Kier molecular flexibility index (Phi) is 6.75. The van der Waals surface area contributed by atoms with Crippen LogP contribution >= 0.6 is 0 Å². The van der Waals surface area contributed by atoms with Crippen LogP contribution in [0.1, 0.15) is 27.7 Å². The van der Waals surface area contributed by atoms with Crippen molar-refractivity contribution in [3.05, 3.63) is 87.6 Å². The number of nitrogens with zero attached hydrogens (tertiary/aromatic N) is 3. The molecule has 0 aliphatic carbocycles. The summed E-state index contributed by atoms with van der Waals surface area (Å²) in [5, 5.41) is 8.06. The Labute approximate surface area is 220 Å². The van der Waals surface area contributed by atoms with Crippen LogP contribution in [-0.2, 0) is 10.3 Å². The van der Waals surface area contributed by atoms with Crippen LogP contribution in [0.25, 0.3) is 16.5 Å². The molecule has 9 nitrogen and oxygen atoms in total. The molecule has 0 radical (unpaired) electrons. The minimum absolute atomic E-state index is 0.114. The average molecular weight is 542 g/mol. The standard InChI is InChI=1S/C27H26F3N5O4/c1-25(2,24(31)38)26(3,4)34-15-7-10-20(23(34)37)32-21-18-8-5-6-9-19(18)22(36)35(33-21)16-11-13-17(14-12-16)39-27(28,29)30/h5-15H,1-4H3,(H2,31,38)(H,32,33). The van der Waals surface area contributed by atoms with Crippen LogP contribution in [0.4, 0.5) is 24.7 Å². The Morgan fingerprint density at radius 3 is 2.10 bits per heavy atom. The number of amides is 1. The van der Waals surface area contributed by atoms with E-state index in [1.54, 1.807) is 64.2 Å². The quantitative estimate of drug-likeness (QED) is 0.357. The van der Waals surface area contributed by atoms with E-state index in [4.69, 9.17) is 5.73 Å². The fourth-order valence-corrected chi connectivity index (χ4v) is 4.01. The van der Waals surface area contributed by atoms with Crippen LogP contribution in [0.5, 0.6) is 5.75 Å². The van der Waals surface area contributed by atoms with Crippen LogP contribution in [-0.4, -0.2) is 26.6 Å². The van der Waals surface area contributed by atoms with Gasteiger partial charge in [-0.15, -0.1) is 18.3 Å². The van der Waals surface area contributed by atoms with Crippen molar-refractivity contribution in [1.82, 2.24) is 14.3 Å². The van der Waals surface area contributed by atoms with E-state index in [1.807, 2.05) is 0 Å². The number of carbonyl (C=O) groups excluding carboxylic acids is 1. The molecule has 0 atom stereocenters. The summed E-state index contributed by atoms with van der Waals surface area (Å²) in [7, 11) is 0. The zero-order chi connectivity index (χ0) is 28.8. The molecule has 0 aliphatic rings. The predicted octanol–water partition coefficient (Wildman–Crippen LogP) is 4.44. The maximum absolute atomic E-state index is 13.5. The van der Waals surface area contributed by atoms with Gasteiger partial charge in [0.1, 0.15) is 11.4 Å². The summed E-state index contributed by atoms with van der Waals surface area (Å²) < 4.78 is 44.0. The molecular formula is C27H26F3N5O4. The van der Waals surface area contributed by atoms with Crippen molar-refractivity contribution in [3.8, 4) is 11.4 Å². The number of anilines is 2. The van der Waals surface area contributed by atoms with E-state index >= 15 is 0 Å². The molecule has 39 heavy (non-hydrogen) atoms. The van der Waals surface area contributed by atoms with E-state index in [-0.39, 0.29) is 22.6 Å². The first-order valence-corrected chi connectivity index (χ1v) is 11.8. The number of pyridine rings is 1. The number of aromatic nitrogens is 3. The van der Waals surface area contributed by atoms with Crippen molar-refractivity contribution < 1.29 is 22.7 Å². The number of rotatable bonds is 7. The highest BCUT2D eigenvalue weighted by atomic mass is 19.4. The molecule has 4 rings (SSSR count). The molecule has 0 saturated heterocycles. The molecule has 0 bridgehead atoms. The predicted molar refractivity (Wildman–Crippen MR) is 140 cm³/mol. The van der Waals surface area contributed by atoms with E-state index in [1.165, 1.54) is 22.8 Å². The minimum atomic E-state index is -4.86. The van der Waals surface area contributed by atoms with E-state index in [9.17, 15) is 27.6 Å². The third-order valence-electron chi connectivity index (χ3n) is 7.07. The van der Waals surface area contributed by atoms with Gasteiger partial charge in [0.2, 0.25) is 5.91 Å². The molecule has 3 N–H and O–H groups in total. The van der Waals surface area contributed by atoms with E-state index < -0.39 is 40.1 Å². The number of hydrogen-bond donors (Lipinski definition) is 2. The van der Waals surface area contributed by atoms with Crippen LogP contribution < -0.4 is 26.9 Å². The number of fused-ring (bicyclic) bond motifs is 1. The zero-order valence-corrected chi connectivity index (χ0v) is 21.5. The Balaban J connectivity index is 1.83. The van der Waals surface area contributed by atoms with Gasteiger partial charge in [0.05, 0.1) is 22.0 Å². The van der Waals surface area contributed by atoms with Gasteiger partial charge in [-0.25, -0.2) is 0 Å². The normalized spacial score (nSPS) is 12.4. The maximum Gasteiger partial charge on any atom is 0.573 e. The van der Waals surface area contributed by atoms with Gasteiger partial charge in [0.15, 0.2) is 5.82 Å². The third-order valence-corrected chi connectivity index (χ3v) is 7.07. The Morgan fingerprint density at radius 1 is 0.897 bits per heavy atom. The fraction of sp³-hybridized carbons (Fsp3) is 0.259. The number of carbonyl (C=O) groups is 1. The second-order valence-corrected chi connectivity index (χ2v) is 9.92. The van der Waals surface area contributed by atoms with Crippen molar-refractivity contribution in [3.63, 3.8) is 0 Å². The number of primary amides is 1. The van der Waals surface area contributed by atoms with Gasteiger partial charge >= 0.3 is 6.36 Å². The molecule has 4 aromatic rings. The first-order chi connectivity index (χ1) is 18.1. The van der Waals surface area contributed by atoms with Crippen LogP contribution in [0.2, 0.25) is 0 Å². The molecule has 2 aromatic heterocycles. The summed E-state index contributed by atoms with van der Waals surface area (Å²) in [6.07, 6.45) is -3.31. The molecule has 12 heteroatoms. The highest BCUT2D eigenvalue weighted by molar-refractivity contribution is 5.92. The third kappa shape index (κ3) is 5.09. The van der Waals surface area contributed by atoms with E-state index in [0.29, 0.717) is 5.39 Å². The van der Waals surface area contributed by atoms with Crippen LogP contribution in [0, 0.1) is 5.41 Å². The fourth-order valence-electron chi connectivity index (χ4n) is 4.01. The molecule has 0 aliphatic heterocycles. The molecule has 2 heterocycles. The van der Waals surface area contributed by atoms with Gasteiger partial charge < -0.3 is 20.4 Å². The lowest BCUT2D eigenvalue weighted by molar-refractivity contribution is -0.274. The Bertz CT molecular complexity index is 1670. The molecule has 0 spiro atoms. The number of benzene rings is 2. The molecule has 1 amide bonds. The monoisotopic (exact) mass is 541 g/mol. The van der Waals surface area contributed by atoms with E-state index in [0.717, 1.165) is 16.8 Å². The van der Waals surface area contributed by atoms with Gasteiger partial charge in [0.25, 0.3) is 11.1 Å². The smallest absolute Gasteiger partial charge is 0.406 e. The summed E-state index contributed by atoms with van der Waals surface area (Å²) >= 11 is 0. The second-order valence-electron chi connectivity index (χ2n) is 9.92. The van der Waals surface area contributed by atoms with Crippen molar-refractivity contribution >= 4 is 28.2 Å². The van der Waals surface area contributed by atoms with Crippen molar-refractivity contribution in [2.75, 3.05) is 5.32 Å². The number of alkyl halides is 3. The summed E-state index contributed by atoms with van der Waals surface area (Å²) in [4.78, 5) is 38.9. The molecule has 2 aromatic carbocycles. The highest BCUT2D eigenvalue weighted by Gasteiger charge is 2.44. The lowest BCUT2D eigenvalue weighted by Crippen LogP contribution is -2.53. The van der Waals surface area contributed by atoms with E-state index in [2.05, 4.69) is 15.2 Å². The lowest BCUT2D eigenvalue weighted by atomic mass is 9.73. The number of nitrogens with two attached hydrogens (primary N) is 1. The first kappa shape index (κ1) is 27.4. The van der Waals surface area contributed by atoms with Crippen LogP contribution in [0.15, 0.2) is 76.4 Å². The summed E-state index contributed by atoms with van der Waals surface area (Å²) in [5.41, 5.74) is 2.83. The number of nitrogens with one attached hydrogen (secondary N) is 1. The summed E-state index contributed by atoms with van der Waals surface area (Å²) in [5.74, 6) is -0.878. The molecule has 204 valence electrons. The zero-order valence-electron chi connectivity index (χ0n) is 21.5. The van der Waals surface area contributed by atoms with Crippen molar-refractivity contribution in [2.45, 2.75) is 39.6 Å². The second kappa shape index (κ2) is 9.61. The SMILES string of the molecule is CC(C)(C(N)=O)C(C)(C)n1cccc(Nc2nn(-c3ccc(OC(F)(F)F)cc3)c(=O)c3ccccc23)c1=O. The average Bonchev–Trinajstić information content (AvgIpc) is 2.86. The maximum atomic E-state index is 13.5. The van der Waals surface area contributed by atoms with Crippen LogP contribution in [0.3, 0.4) is 0 Å². The summed E-state index contributed by atoms with van der Waals surface area (Å²) in [6.45, 7) is 6.75. The number of ether oxygens (including phenoxy) is 1. The first-order valence-electron chi connectivity index (χ1n) is 11.8. The Morgan fingerprint density at radius 2 is 1.51 bits per heavy atom. The highest BCUT2D eigenvalue weighted by Crippen LogP contribution is 2.36. The molecule has 0 fully saturated rings. The van der Waals surface area contributed by atoms with Gasteiger partial charge in [-0.2, -0.15) is 4.68 Å². The van der Waals surface area contributed by atoms with Gasteiger partial charge in [-0.3, -0.25) is 14.4 Å². The molecule has 0 saturated carbocycles. The molecule has 0 unspecified atom stereocenters. The van der Waals surface area contributed by atoms with Crippen molar-refractivity contribution in [2.24, 2.45) is 11.1 Å². The van der Waals surface area contributed by atoms with Crippen molar-refractivity contribution in [1.29, 1.82) is 0 Å². The topological polar surface area (TPSA) is 121 Å². The summed E-state index contributed by atoms with van der Waals surface area (Å²) in [6, 6.07) is 14.4. The van der Waals surface area contributed by atoms with Gasteiger partial charge in [-0.05, 0) is 70.2 Å². The van der Waals surface area contributed by atoms with Gasteiger partial charge in [0, 0.05) is 11.6 Å². The molecular weight excluding hydrogens is 515 g/mol. The number of hydrogen-bond acceptors (Lipinski definition) is 6. The number of halogens is 3. The Hall–Kier alpha value is -4.61. The van der Waals surface area contributed by atoms with Gasteiger partial charge in [-0.1, -0.05) is 18.2 Å². The lowest BCUT2D eigenvalue weighted by Gasteiger charge is -2.40. The minimum Gasteiger partial charge on any atom is -0.406 e.